The SMILES string of the molecule is O=C(Nc1ccc(Cl)cc1)NC1CCN(c2nccc(Nc3ccccc3Cl)n2)CC1. The van der Waals surface area contributed by atoms with Gasteiger partial charge in [-0.2, -0.15) is 4.98 Å². The molecule has 0 unspecified atom stereocenters. The number of anilines is 4. The molecular formula is C22H22Cl2N6O. The van der Waals surface area contributed by atoms with Crippen LogP contribution in [0.3, 0.4) is 0 Å². The molecule has 4 rings (SSSR count). The van der Waals surface area contributed by atoms with Crippen molar-refractivity contribution in [2.75, 3.05) is 28.6 Å². The van der Waals surface area contributed by atoms with Gasteiger partial charge in [0.1, 0.15) is 5.82 Å². The lowest BCUT2D eigenvalue weighted by molar-refractivity contribution is 0.246. The van der Waals surface area contributed by atoms with Crippen molar-refractivity contribution in [1.29, 1.82) is 0 Å². The van der Waals surface area contributed by atoms with Crippen molar-refractivity contribution >= 4 is 52.4 Å². The zero-order chi connectivity index (χ0) is 21.6. The highest BCUT2D eigenvalue weighted by atomic mass is 35.5. The van der Waals surface area contributed by atoms with E-state index in [-0.39, 0.29) is 12.1 Å². The van der Waals surface area contributed by atoms with Gasteiger partial charge in [0.15, 0.2) is 0 Å². The number of para-hydroxylation sites is 1. The van der Waals surface area contributed by atoms with Crippen molar-refractivity contribution in [3.63, 3.8) is 0 Å². The van der Waals surface area contributed by atoms with Crippen LogP contribution in [-0.4, -0.2) is 35.1 Å². The monoisotopic (exact) mass is 456 g/mol. The number of piperidine rings is 1. The zero-order valence-corrected chi connectivity index (χ0v) is 18.2. The van der Waals surface area contributed by atoms with Gasteiger partial charge in [-0.05, 0) is 55.3 Å². The summed E-state index contributed by atoms with van der Waals surface area (Å²) in [6.45, 7) is 1.50. The Morgan fingerprint density at radius 3 is 2.48 bits per heavy atom. The van der Waals surface area contributed by atoms with Gasteiger partial charge in [0, 0.05) is 36.0 Å². The first-order valence-corrected chi connectivity index (χ1v) is 10.7. The van der Waals surface area contributed by atoms with E-state index in [1.165, 1.54) is 0 Å². The number of hydrogen-bond donors (Lipinski definition) is 3. The summed E-state index contributed by atoms with van der Waals surface area (Å²) in [6.07, 6.45) is 3.34. The molecule has 7 nitrogen and oxygen atoms in total. The average molecular weight is 457 g/mol. The second-order valence-corrected chi connectivity index (χ2v) is 8.06. The second kappa shape index (κ2) is 9.85. The largest absolute Gasteiger partial charge is 0.341 e. The average Bonchev–Trinajstić information content (AvgIpc) is 2.78. The summed E-state index contributed by atoms with van der Waals surface area (Å²) in [4.78, 5) is 23.4. The number of rotatable bonds is 5. The quantitative estimate of drug-likeness (QED) is 0.483. The van der Waals surface area contributed by atoms with Crippen LogP contribution in [0.1, 0.15) is 12.8 Å². The highest BCUT2D eigenvalue weighted by molar-refractivity contribution is 6.33. The molecular weight excluding hydrogens is 435 g/mol. The summed E-state index contributed by atoms with van der Waals surface area (Å²) in [5, 5.41) is 10.3. The van der Waals surface area contributed by atoms with Gasteiger partial charge in [-0.1, -0.05) is 35.3 Å². The fraction of sp³-hybridized carbons (Fsp3) is 0.227. The van der Waals surface area contributed by atoms with Gasteiger partial charge in [-0.15, -0.1) is 0 Å². The first kappa shape index (κ1) is 21.2. The van der Waals surface area contributed by atoms with Crippen molar-refractivity contribution in [2.24, 2.45) is 0 Å². The van der Waals surface area contributed by atoms with Crippen molar-refractivity contribution in [1.82, 2.24) is 15.3 Å². The van der Waals surface area contributed by atoms with E-state index in [2.05, 4.69) is 30.8 Å². The Labute approximate surface area is 190 Å². The van der Waals surface area contributed by atoms with Crippen LogP contribution in [0.15, 0.2) is 60.8 Å². The summed E-state index contributed by atoms with van der Waals surface area (Å²) in [5.41, 5.74) is 1.50. The van der Waals surface area contributed by atoms with E-state index in [0.29, 0.717) is 27.5 Å². The van der Waals surface area contributed by atoms with E-state index >= 15 is 0 Å². The highest BCUT2D eigenvalue weighted by Gasteiger charge is 2.22. The summed E-state index contributed by atoms with van der Waals surface area (Å²) >= 11 is 12.1. The van der Waals surface area contributed by atoms with Crippen LogP contribution in [0.5, 0.6) is 0 Å². The van der Waals surface area contributed by atoms with Gasteiger partial charge in [0.25, 0.3) is 0 Å². The molecule has 0 aliphatic carbocycles. The summed E-state index contributed by atoms with van der Waals surface area (Å²) in [6, 6.07) is 16.2. The molecule has 0 spiro atoms. The number of nitrogens with zero attached hydrogens (tertiary/aromatic N) is 3. The predicted octanol–water partition coefficient (Wildman–Crippen LogP) is 5.32. The molecule has 2 heterocycles. The molecule has 0 atom stereocenters. The lowest BCUT2D eigenvalue weighted by Crippen LogP contribution is -2.46. The third-order valence-corrected chi connectivity index (χ3v) is 5.58. The van der Waals surface area contributed by atoms with Crippen LogP contribution in [0.25, 0.3) is 0 Å². The number of nitrogens with one attached hydrogen (secondary N) is 3. The summed E-state index contributed by atoms with van der Waals surface area (Å²) in [7, 11) is 0. The first-order chi connectivity index (χ1) is 15.1. The van der Waals surface area contributed by atoms with Gasteiger partial charge in [0.05, 0.1) is 10.7 Å². The van der Waals surface area contributed by atoms with E-state index in [4.69, 9.17) is 23.2 Å². The maximum Gasteiger partial charge on any atom is 0.319 e. The molecule has 160 valence electrons. The number of urea groups is 1. The molecule has 3 N–H and O–H groups in total. The summed E-state index contributed by atoms with van der Waals surface area (Å²) < 4.78 is 0. The number of hydrogen-bond acceptors (Lipinski definition) is 5. The normalized spacial score (nSPS) is 14.2. The first-order valence-electron chi connectivity index (χ1n) is 9.99. The number of carbonyl (C=O) groups is 1. The number of halogens is 2. The maximum absolute atomic E-state index is 12.3. The molecule has 2 amide bonds. The van der Waals surface area contributed by atoms with Crippen molar-refractivity contribution in [3.8, 4) is 0 Å². The van der Waals surface area contributed by atoms with Crippen molar-refractivity contribution in [3.05, 3.63) is 70.8 Å². The smallest absolute Gasteiger partial charge is 0.319 e. The fourth-order valence-electron chi connectivity index (χ4n) is 3.38. The van der Waals surface area contributed by atoms with Gasteiger partial charge < -0.3 is 20.9 Å². The van der Waals surface area contributed by atoms with Gasteiger partial charge in [-0.3, -0.25) is 0 Å². The molecule has 9 heteroatoms. The standard InChI is InChI=1S/C22H22Cl2N6O/c23-15-5-7-16(8-6-15)26-22(31)27-17-10-13-30(14-11-17)21-25-12-9-20(29-21)28-19-4-2-1-3-18(19)24/h1-9,12,17H,10-11,13-14H2,(H,25,28,29)(H2,26,27,31). The minimum Gasteiger partial charge on any atom is -0.341 e. The number of benzene rings is 2. The Bertz CT molecular complexity index is 1040. The molecule has 1 aliphatic rings. The topological polar surface area (TPSA) is 82.2 Å². The molecule has 1 aromatic heterocycles. The number of amides is 2. The molecule has 0 saturated carbocycles. The van der Waals surface area contributed by atoms with Gasteiger partial charge >= 0.3 is 6.03 Å². The highest BCUT2D eigenvalue weighted by Crippen LogP contribution is 2.25. The second-order valence-electron chi connectivity index (χ2n) is 7.21. The van der Waals surface area contributed by atoms with E-state index in [1.54, 1.807) is 30.5 Å². The van der Waals surface area contributed by atoms with E-state index in [1.807, 2.05) is 30.3 Å². The van der Waals surface area contributed by atoms with Gasteiger partial charge in [-0.25, -0.2) is 9.78 Å². The maximum atomic E-state index is 12.3. The minimum absolute atomic E-state index is 0.0907. The molecule has 1 fully saturated rings. The number of aromatic nitrogens is 2. The van der Waals surface area contributed by atoms with Crippen LogP contribution < -0.4 is 20.9 Å². The third-order valence-electron chi connectivity index (χ3n) is 4.99. The zero-order valence-electron chi connectivity index (χ0n) is 16.7. The Hall–Kier alpha value is -3.03. The molecule has 2 aromatic carbocycles. The Morgan fingerprint density at radius 2 is 1.74 bits per heavy atom. The Balaban J connectivity index is 1.30. The molecule has 0 bridgehead atoms. The van der Waals surface area contributed by atoms with Crippen molar-refractivity contribution in [2.45, 2.75) is 18.9 Å². The van der Waals surface area contributed by atoms with Gasteiger partial charge in [0.2, 0.25) is 5.95 Å². The fourth-order valence-corrected chi connectivity index (χ4v) is 3.69. The lowest BCUT2D eigenvalue weighted by atomic mass is 10.1. The van der Waals surface area contributed by atoms with Crippen LogP contribution in [-0.2, 0) is 0 Å². The van der Waals surface area contributed by atoms with E-state index in [9.17, 15) is 4.79 Å². The van der Waals surface area contributed by atoms with Crippen LogP contribution >= 0.6 is 23.2 Å². The van der Waals surface area contributed by atoms with E-state index < -0.39 is 0 Å². The van der Waals surface area contributed by atoms with Crippen LogP contribution in [0, 0.1) is 0 Å². The summed E-state index contributed by atoms with van der Waals surface area (Å²) in [5.74, 6) is 1.34. The predicted molar refractivity (Wildman–Crippen MR) is 126 cm³/mol. The molecule has 31 heavy (non-hydrogen) atoms. The minimum atomic E-state index is -0.219. The Kier molecular flexibility index (Phi) is 6.74. The molecule has 3 aromatic rings. The third kappa shape index (κ3) is 5.77. The van der Waals surface area contributed by atoms with E-state index in [0.717, 1.165) is 31.6 Å². The number of carbonyl (C=O) groups excluding carboxylic acids is 1. The lowest BCUT2D eigenvalue weighted by Gasteiger charge is -2.32. The molecule has 1 aliphatic heterocycles. The molecule has 1 saturated heterocycles. The Morgan fingerprint density at radius 1 is 1.00 bits per heavy atom. The van der Waals surface area contributed by atoms with Crippen molar-refractivity contribution < 1.29 is 4.79 Å². The van der Waals surface area contributed by atoms with Crippen LogP contribution in [0.4, 0.5) is 27.9 Å². The van der Waals surface area contributed by atoms with Crippen LogP contribution in [0.2, 0.25) is 10.0 Å². The molecule has 0 radical (unpaired) electrons.